The third kappa shape index (κ3) is 5.61. The molecule has 2 amide bonds. The summed E-state index contributed by atoms with van der Waals surface area (Å²) in [5, 5.41) is 8.07. The fourth-order valence-electron chi connectivity index (χ4n) is 3.75. The molecule has 6 nitrogen and oxygen atoms in total. The van der Waals surface area contributed by atoms with Gasteiger partial charge in [0.05, 0.1) is 13.2 Å². The lowest BCUT2D eigenvalue weighted by Crippen LogP contribution is -2.51. The lowest BCUT2D eigenvalue weighted by atomic mass is 10.0. The number of amides is 2. The van der Waals surface area contributed by atoms with Crippen LogP contribution < -0.4 is 15.4 Å². The van der Waals surface area contributed by atoms with Crippen LogP contribution in [0.5, 0.6) is 5.75 Å². The fraction of sp³-hybridized carbons (Fsp3) is 0.478. The van der Waals surface area contributed by atoms with Crippen LogP contribution in [0.2, 0.25) is 0 Å². The third-order valence-electron chi connectivity index (χ3n) is 5.51. The van der Waals surface area contributed by atoms with Crippen molar-refractivity contribution < 1.29 is 14.3 Å². The third-order valence-corrected chi connectivity index (χ3v) is 6.48. The molecule has 1 fully saturated rings. The quantitative estimate of drug-likeness (QED) is 0.640. The molecule has 2 atom stereocenters. The van der Waals surface area contributed by atoms with E-state index < -0.39 is 6.04 Å². The van der Waals surface area contributed by atoms with Crippen molar-refractivity contribution in [3.8, 4) is 5.75 Å². The molecule has 1 aromatic heterocycles. The topological polar surface area (TPSA) is 70.7 Å². The van der Waals surface area contributed by atoms with Gasteiger partial charge in [0.2, 0.25) is 5.91 Å². The monoisotopic (exact) mass is 429 g/mol. The fourth-order valence-corrected chi connectivity index (χ4v) is 4.61. The van der Waals surface area contributed by atoms with E-state index in [1.807, 2.05) is 13.8 Å². The Morgan fingerprint density at radius 1 is 1.13 bits per heavy atom. The van der Waals surface area contributed by atoms with Crippen LogP contribution in [0.25, 0.3) is 0 Å². The van der Waals surface area contributed by atoms with Crippen LogP contribution >= 0.6 is 11.3 Å². The summed E-state index contributed by atoms with van der Waals surface area (Å²) in [6.45, 7) is 6.53. The van der Waals surface area contributed by atoms with Crippen molar-refractivity contribution in [3.63, 3.8) is 0 Å². The molecule has 1 aliphatic heterocycles. The minimum atomic E-state index is -0.595. The van der Waals surface area contributed by atoms with Crippen LogP contribution in [0.3, 0.4) is 0 Å². The number of hydrogen-bond acceptors (Lipinski definition) is 5. The summed E-state index contributed by atoms with van der Waals surface area (Å²) in [6, 6.07) is 10.6. The van der Waals surface area contributed by atoms with E-state index in [-0.39, 0.29) is 23.8 Å². The smallest absolute Gasteiger partial charge is 0.251 e. The van der Waals surface area contributed by atoms with Gasteiger partial charge in [-0.25, -0.2) is 0 Å². The highest BCUT2D eigenvalue weighted by Gasteiger charge is 2.28. The van der Waals surface area contributed by atoms with Crippen molar-refractivity contribution in [2.24, 2.45) is 5.92 Å². The number of hydrogen-bond donors (Lipinski definition) is 2. The van der Waals surface area contributed by atoms with Gasteiger partial charge >= 0.3 is 0 Å². The van der Waals surface area contributed by atoms with Crippen molar-refractivity contribution in [3.05, 3.63) is 52.2 Å². The molecule has 2 N–H and O–H groups in total. The van der Waals surface area contributed by atoms with Crippen LogP contribution in [0.15, 0.2) is 41.8 Å². The Balaban J connectivity index is 1.63. The van der Waals surface area contributed by atoms with Crippen LogP contribution in [-0.2, 0) is 4.79 Å². The van der Waals surface area contributed by atoms with E-state index in [2.05, 4.69) is 33.0 Å². The molecule has 0 bridgehead atoms. The maximum absolute atomic E-state index is 13.0. The Labute approximate surface area is 182 Å². The van der Waals surface area contributed by atoms with Crippen LogP contribution in [0.4, 0.5) is 0 Å². The number of methoxy groups -OCH3 is 1. The highest BCUT2D eigenvalue weighted by Crippen LogP contribution is 2.27. The number of nitrogens with zero attached hydrogens (tertiary/aromatic N) is 1. The molecule has 1 saturated heterocycles. The number of benzene rings is 1. The van der Waals surface area contributed by atoms with Gasteiger partial charge in [-0.2, -0.15) is 0 Å². The SMILES string of the molecule is COc1ccc(C(=O)NC(C(=O)NCC(c2cccs2)N2CCCC2)C(C)C)cc1. The van der Waals surface area contributed by atoms with Gasteiger partial charge in [0, 0.05) is 17.0 Å². The maximum Gasteiger partial charge on any atom is 0.251 e. The molecule has 2 unspecified atom stereocenters. The summed E-state index contributed by atoms with van der Waals surface area (Å²) < 4.78 is 5.13. The Hall–Kier alpha value is -2.38. The highest BCUT2D eigenvalue weighted by atomic mass is 32.1. The van der Waals surface area contributed by atoms with E-state index in [1.165, 1.54) is 17.7 Å². The Kier molecular flexibility index (Phi) is 7.87. The number of rotatable bonds is 9. The zero-order chi connectivity index (χ0) is 21.5. The molecule has 0 aliphatic carbocycles. The van der Waals surface area contributed by atoms with E-state index >= 15 is 0 Å². The lowest BCUT2D eigenvalue weighted by Gasteiger charge is -2.28. The molecule has 2 heterocycles. The average molecular weight is 430 g/mol. The first-order valence-electron chi connectivity index (χ1n) is 10.5. The predicted molar refractivity (Wildman–Crippen MR) is 120 cm³/mol. The minimum Gasteiger partial charge on any atom is -0.497 e. The summed E-state index contributed by atoms with van der Waals surface area (Å²) in [7, 11) is 1.58. The van der Waals surface area contributed by atoms with Crippen LogP contribution in [-0.4, -0.2) is 49.5 Å². The number of carbonyl (C=O) groups excluding carboxylic acids is 2. The molecule has 3 rings (SSSR count). The van der Waals surface area contributed by atoms with Crippen molar-refractivity contribution in [2.75, 3.05) is 26.7 Å². The predicted octanol–water partition coefficient (Wildman–Crippen LogP) is 3.46. The Morgan fingerprint density at radius 3 is 2.40 bits per heavy atom. The van der Waals surface area contributed by atoms with E-state index in [0.717, 1.165) is 13.1 Å². The van der Waals surface area contributed by atoms with Gasteiger partial charge in [-0.3, -0.25) is 14.5 Å². The lowest BCUT2D eigenvalue weighted by molar-refractivity contribution is -0.124. The number of carbonyl (C=O) groups is 2. The van der Waals surface area contributed by atoms with E-state index in [0.29, 0.717) is 17.9 Å². The second-order valence-corrected chi connectivity index (χ2v) is 8.92. The van der Waals surface area contributed by atoms with E-state index in [1.54, 1.807) is 42.7 Å². The molecular weight excluding hydrogens is 398 g/mol. The van der Waals surface area contributed by atoms with Crippen molar-refractivity contribution in [1.82, 2.24) is 15.5 Å². The van der Waals surface area contributed by atoms with Gasteiger partial charge in [-0.15, -0.1) is 11.3 Å². The van der Waals surface area contributed by atoms with Gasteiger partial charge in [-0.05, 0) is 67.6 Å². The van der Waals surface area contributed by atoms with Crippen LogP contribution in [0.1, 0.15) is 48.0 Å². The molecule has 0 radical (unpaired) electrons. The molecule has 30 heavy (non-hydrogen) atoms. The zero-order valence-corrected chi connectivity index (χ0v) is 18.7. The molecule has 7 heteroatoms. The van der Waals surface area contributed by atoms with Crippen LogP contribution in [0, 0.1) is 5.92 Å². The number of ether oxygens (including phenoxy) is 1. The maximum atomic E-state index is 13.0. The molecule has 0 spiro atoms. The molecule has 0 saturated carbocycles. The van der Waals surface area contributed by atoms with Crippen molar-refractivity contribution >= 4 is 23.2 Å². The number of thiophene rings is 1. The van der Waals surface area contributed by atoms with Crippen molar-refractivity contribution in [2.45, 2.75) is 38.8 Å². The summed E-state index contributed by atoms with van der Waals surface area (Å²) in [5.41, 5.74) is 0.503. The van der Waals surface area contributed by atoms with Gasteiger partial charge in [0.15, 0.2) is 0 Å². The highest BCUT2D eigenvalue weighted by molar-refractivity contribution is 7.10. The summed E-state index contributed by atoms with van der Waals surface area (Å²) in [4.78, 5) is 29.3. The zero-order valence-electron chi connectivity index (χ0n) is 17.9. The Morgan fingerprint density at radius 2 is 1.83 bits per heavy atom. The molecule has 1 aliphatic rings. The normalized spacial score (nSPS) is 16.3. The Bertz CT molecular complexity index is 815. The summed E-state index contributed by atoms with van der Waals surface area (Å²) in [5.74, 6) is 0.249. The first-order valence-corrected chi connectivity index (χ1v) is 11.4. The minimum absolute atomic E-state index is 0.0285. The van der Waals surface area contributed by atoms with Gasteiger partial charge < -0.3 is 15.4 Å². The van der Waals surface area contributed by atoms with Gasteiger partial charge in [0.1, 0.15) is 11.8 Å². The largest absolute Gasteiger partial charge is 0.497 e. The van der Waals surface area contributed by atoms with Gasteiger partial charge in [0.25, 0.3) is 5.91 Å². The molecular formula is C23H31N3O3S. The van der Waals surface area contributed by atoms with Gasteiger partial charge in [-0.1, -0.05) is 19.9 Å². The standard InChI is InChI=1S/C23H31N3O3S/c1-16(2)21(25-22(27)17-8-10-18(29-3)11-9-17)23(28)24-15-19(20-7-6-14-30-20)26-12-4-5-13-26/h6-11,14,16,19,21H,4-5,12-13,15H2,1-3H3,(H,24,28)(H,25,27). The molecule has 1 aromatic carbocycles. The average Bonchev–Trinajstić information content (AvgIpc) is 3.46. The molecule has 2 aromatic rings. The summed E-state index contributed by atoms with van der Waals surface area (Å²) >= 11 is 1.72. The second kappa shape index (κ2) is 10.6. The number of likely N-dealkylation sites (tertiary alicyclic amines) is 1. The van der Waals surface area contributed by atoms with E-state index in [9.17, 15) is 9.59 Å². The summed E-state index contributed by atoms with van der Waals surface area (Å²) in [6.07, 6.45) is 2.39. The number of nitrogens with one attached hydrogen (secondary N) is 2. The first kappa shape index (κ1) is 22.3. The van der Waals surface area contributed by atoms with E-state index in [4.69, 9.17) is 4.74 Å². The van der Waals surface area contributed by atoms with Crippen molar-refractivity contribution in [1.29, 1.82) is 0 Å². The molecule has 162 valence electrons. The first-order chi connectivity index (χ1) is 14.5. The second-order valence-electron chi connectivity index (χ2n) is 7.94.